The fraction of sp³-hybridized carbons (Fsp3) is 0.389. The van der Waals surface area contributed by atoms with Crippen LogP contribution in [0.2, 0.25) is 0 Å². The molecule has 6 nitrogen and oxygen atoms in total. The highest BCUT2D eigenvalue weighted by Crippen LogP contribution is 2.29. The number of carbonyl (C=O) groups excluding carboxylic acids is 1. The van der Waals surface area contributed by atoms with Gasteiger partial charge in [0, 0.05) is 31.8 Å². The van der Waals surface area contributed by atoms with Gasteiger partial charge in [0.25, 0.3) is 11.6 Å². The van der Waals surface area contributed by atoms with Crippen molar-refractivity contribution < 1.29 is 9.72 Å². The number of nitro benzene ring substituents is 1. The zero-order valence-corrected chi connectivity index (χ0v) is 14.9. The van der Waals surface area contributed by atoms with Crippen LogP contribution >= 0.6 is 11.3 Å². The highest BCUT2D eigenvalue weighted by molar-refractivity contribution is 7.07. The number of benzene rings is 1. The molecule has 0 saturated carbocycles. The van der Waals surface area contributed by atoms with Crippen LogP contribution in [0.3, 0.4) is 0 Å². The first-order valence-electron chi connectivity index (χ1n) is 8.37. The molecule has 1 N–H and O–H groups in total. The van der Waals surface area contributed by atoms with Crippen LogP contribution in [0, 0.1) is 16.0 Å². The van der Waals surface area contributed by atoms with Crippen LogP contribution in [0.1, 0.15) is 35.7 Å². The molecule has 1 amide bonds. The Morgan fingerprint density at radius 3 is 2.76 bits per heavy atom. The minimum absolute atomic E-state index is 0.0604. The van der Waals surface area contributed by atoms with Gasteiger partial charge in [0.1, 0.15) is 0 Å². The maximum atomic E-state index is 12.7. The SMILES string of the molecule is CC1CCN(c2ccc([N+](=O)[O-])cc2C(=O)NCc2ccsc2)CC1. The average molecular weight is 359 g/mol. The van der Waals surface area contributed by atoms with Crippen molar-refractivity contribution in [2.24, 2.45) is 5.92 Å². The van der Waals surface area contributed by atoms with E-state index in [1.54, 1.807) is 17.4 Å². The van der Waals surface area contributed by atoms with Gasteiger partial charge in [-0.15, -0.1) is 0 Å². The molecular formula is C18H21N3O3S. The molecule has 1 aliphatic heterocycles. The number of hydrogen-bond acceptors (Lipinski definition) is 5. The second kappa shape index (κ2) is 7.65. The van der Waals surface area contributed by atoms with E-state index in [2.05, 4.69) is 17.1 Å². The summed E-state index contributed by atoms with van der Waals surface area (Å²) >= 11 is 1.57. The quantitative estimate of drug-likeness (QED) is 0.650. The average Bonchev–Trinajstić information content (AvgIpc) is 3.13. The lowest BCUT2D eigenvalue weighted by Crippen LogP contribution is -2.35. The summed E-state index contributed by atoms with van der Waals surface area (Å²) in [6.07, 6.45) is 2.12. The van der Waals surface area contributed by atoms with E-state index < -0.39 is 4.92 Å². The van der Waals surface area contributed by atoms with Crippen LogP contribution in [0.25, 0.3) is 0 Å². The Balaban J connectivity index is 1.84. The topological polar surface area (TPSA) is 75.5 Å². The first kappa shape index (κ1) is 17.4. The molecule has 132 valence electrons. The van der Waals surface area contributed by atoms with Crippen LogP contribution < -0.4 is 10.2 Å². The largest absolute Gasteiger partial charge is 0.371 e. The molecule has 0 spiro atoms. The number of amides is 1. The van der Waals surface area contributed by atoms with Crippen LogP contribution in [0.4, 0.5) is 11.4 Å². The summed E-state index contributed by atoms with van der Waals surface area (Å²) in [6.45, 7) is 4.37. The number of hydrogen-bond donors (Lipinski definition) is 1. The van der Waals surface area contributed by atoms with Crippen molar-refractivity contribution in [3.05, 3.63) is 56.3 Å². The zero-order chi connectivity index (χ0) is 17.8. The number of nitro groups is 1. The van der Waals surface area contributed by atoms with E-state index in [4.69, 9.17) is 0 Å². The van der Waals surface area contributed by atoms with Gasteiger partial charge in [0.15, 0.2) is 0 Å². The summed E-state index contributed by atoms with van der Waals surface area (Å²) in [5, 5.41) is 17.9. The Morgan fingerprint density at radius 1 is 1.36 bits per heavy atom. The first-order chi connectivity index (χ1) is 12.0. The van der Waals surface area contributed by atoms with E-state index in [9.17, 15) is 14.9 Å². The van der Waals surface area contributed by atoms with Gasteiger partial charge in [-0.1, -0.05) is 6.92 Å². The molecule has 0 radical (unpaired) electrons. The highest BCUT2D eigenvalue weighted by Gasteiger charge is 2.23. The minimum Gasteiger partial charge on any atom is -0.371 e. The molecular weight excluding hydrogens is 338 g/mol. The molecule has 0 aliphatic carbocycles. The molecule has 25 heavy (non-hydrogen) atoms. The Morgan fingerprint density at radius 2 is 2.12 bits per heavy atom. The molecule has 7 heteroatoms. The summed E-state index contributed by atoms with van der Waals surface area (Å²) in [4.78, 5) is 25.5. The van der Waals surface area contributed by atoms with Gasteiger partial charge in [-0.25, -0.2) is 0 Å². The van der Waals surface area contributed by atoms with E-state index in [1.807, 2.05) is 16.8 Å². The summed E-state index contributed by atoms with van der Waals surface area (Å²) < 4.78 is 0. The van der Waals surface area contributed by atoms with Gasteiger partial charge in [-0.3, -0.25) is 14.9 Å². The van der Waals surface area contributed by atoms with Crippen molar-refractivity contribution in [3.63, 3.8) is 0 Å². The Labute approximate surface area is 150 Å². The first-order valence-corrected chi connectivity index (χ1v) is 9.31. The molecule has 1 saturated heterocycles. The number of rotatable bonds is 5. The molecule has 2 aromatic rings. The molecule has 1 aromatic heterocycles. The Bertz CT molecular complexity index is 753. The van der Waals surface area contributed by atoms with E-state index in [1.165, 1.54) is 12.1 Å². The van der Waals surface area contributed by atoms with Crippen LogP contribution in [0.5, 0.6) is 0 Å². The maximum absolute atomic E-state index is 12.7. The van der Waals surface area contributed by atoms with Crippen LogP contribution in [0.15, 0.2) is 35.0 Å². The van der Waals surface area contributed by atoms with E-state index in [-0.39, 0.29) is 11.6 Å². The summed E-state index contributed by atoms with van der Waals surface area (Å²) in [5.74, 6) is 0.397. The number of anilines is 1. The predicted octanol–water partition coefficient (Wildman–Crippen LogP) is 3.82. The summed E-state index contributed by atoms with van der Waals surface area (Å²) in [7, 11) is 0. The highest BCUT2D eigenvalue weighted by atomic mass is 32.1. The number of thiophene rings is 1. The number of nitrogens with zero attached hydrogens (tertiary/aromatic N) is 2. The third-order valence-corrected chi connectivity index (χ3v) is 5.33. The van der Waals surface area contributed by atoms with Gasteiger partial charge in [0.05, 0.1) is 16.2 Å². The van der Waals surface area contributed by atoms with E-state index in [0.717, 1.165) is 37.2 Å². The molecule has 1 aromatic carbocycles. The van der Waals surface area contributed by atoms with Gasteiger partial charge < -0.3 is 10.2 Å². The minimum atomic E-state index is -0.461. The lowest BCUT2D eigenvalue weighted by molar-refractivity contribution is -0.384. The van der Waals surface area contributed by atoms with Gasteiger partial charge in [-0.05, 0) is 47.2 Å². The summed E-state index contributed by atoms with van der Waals surface area (Å²) in [5.41, 5.74) is 2.12. The lowest BCUT2D eigenvalue weighted by atomic mass is 9.98. The molecule has 0 atom stereocenters. The lowest BCUT2D eigenvalue weighted by Gasteiger charge is -2.33. The van der Waals surface area contributed by atoms with E-state index in [0.29, 0.717) is 18.0 Å². The monoisotopic (exact) mass is 359 g/mol. The number of piperidine rings is 1. The molecule has 1 aliphatic rings. The van der Waals surface area contributed by atoms with Crippen molar-refractivity contribution >= 4 is 28.6 Å². The molecule has 2 heterocycles. The summed E-state index contributed by atoms with van der Waals surface area (Å²) in [6, 6.07) is 6.51. The predicted molar refractivity (Wildman–Crippen MR) is 99.2 cm³/mol. The van der Waals surface area contributed by atoms with Crippen molar-refractivity contribution in [1.29, 1.82) is 0 Å². The zero-order valence-electron chi connectivity index (χ0n) is 14.1. The molecule has 0 bridgehead atoms. The fourth-order valence-electron chi connectivity index (χ4n) is 3.02. The van der Waals surface area contributed by atoms with Crippen molar-refractivity contribution in [2.45, 2.75) is 26.3 Å². The second-order valence-corrected chi connectivity index (χ2v) is 7.22. The number of nitrogens with one attached hydrogen (secondary N) is 1. The van der Waals surface area contributed by atoms with E-state index >= 15 is 0 Å². The Kier molecular flexibility index (Phi) is 5.33. The third kappa shape index (κ3) is 4.17. The van der Waals surface area contributed by atoms with Crippen molar-refractivity contribution in [1.82, 2.24) is 5.32 Å². The third-order valence-electron chi connectivity index (χ3n) is 4.59. The van der Waals surface area contributed by atoms with Crippen LogP contribution in [-0.4, -0.2) is 23.9 Å². The van der Waals surface area contributed by atoms with Gasteiger partial charge in [-0.2, -0.15) is 11.3 Å². The fourth-order valence-corrected chi connectivity index (χ4v) is 3.68. The molecule has 1 fully saturated rings. The van der Waals surface area contributed by atoms with Crippen molar-refractivity contribution in [3.8, 4) is 0 Å². The standard InChI is InChI=1S/C18H21N3O3S/c1-13-4-7-20(8-5-13)17-3-2-15(21(23)24)10-16(17)18(22)19-11-14-6-9-25-12-14/h2-3,6,9-10,12-13H,4-5,7-8,11H2,1H3,(H,19,22). The molecule has 3 rings (SSSR count). The van der Waals surface area contributed by atoms with Crippen molar-refractivity contribution in [2.75, 3.05) is 18.0 Å². The second-order valence-electron chi connectivity index (χ2n) is 6.44. The van der Waals surface area contributed by atoms with Gasteiger partial charge >= 0.3 is 0 Å². The molecule has 0 unspecified atom stereocenters. The normalized spacial score (nSPS) is 15.2. The smallest absolute Gasteiger partial charge is 0.270 e. The number of carbonyl (C=O) groups is 1. The maximum Gasteiger partial charge on any atom is 0.270 e. The Hall–Kier alpha value is -2.41. The van der Waals surface area contributed by atoms with Gasteiger partial charge in [0.2, 0.25) is 0 Å². The van der Waals surface area contributed by atoms with Crippen LogP contribution in [-0.2, 0) is 6.54 Å². The number of non-ortho nitro benzene ring substituents is 1.